The van der Waals surface area contributed by atoms with Gasteiger partial charge in [0.15, 0.2) is 6.10 Å². The molecule has 1 amide bonds. The van der Waals surface area contributed by atoms with Gasteiger partial charge in [0.2, 0.25) is 0 Å². The molecule has 1 aliphatic rings. The van der Waals surface area contributed by atoms with E-state index >= 15 is 0 Å². The van der Waals surface area contributed by atoms with E-state index in [1.165, 1.54) is 6.07 Å². The van der Waals surface area contributed by atoms with E-state index in [4.69, 9.17) is 4.74 Å². The smallest absolute Gasteiger partial charge is 0.261 e. The molecule has 0 bridgehead atoms. The number of amides is 1. The van der Waals surface area contributed by atoms with E-state index in [1.54, 1.807) is 6.07 Å². The lowest BCUT2D eigenvalue weighted by molar-refractivity contribution is -0.129. The molecule has 0 heterocycles. The van der Waals surface area contributed by atoms with Gasteiger partial charge in [0.25, 0.3) is 5.91 Å². The number of rotatable bonds is 8. The average molecular weight is 413 g/mol. The fraction of sp³-hybridized carbons (Fsp3) is 0.480. The van der Waals surface area contributed by atoms with Crippen molar-refractivity contribution in [1.29, 1.82) is 0 Å². The maximum atomic E-state index is 14.2. The van der Waals surface area contributed by atoms with Crippen LogP contribution in [0.15, 0.2) is 54.6 Å². The summed E-state index contributed by atoms with van der Waals surface area (Å²) in [6.07, 6.45) is 4.38. The average Bonchev–Trinajstić information content (AvgIpc) is 2.75. The second-order valence-corrected chi connectivity index (χ2v) is 8.50. The van der Waals surface area contributed by atoms with Crippen LogP contribution < -0.4 is 10.1 Å². The van der Waals surface area contributed by atoms with Crippen LogP contribution in [0.1, 0.15) is 44.6 Å². The van der Waals surface area contributed by atoms with Crippen molar-refractivity contribution in [2.75, 3.05) is 14.1 Å². The van der Waals surface area contributed by atoms with Gasteiger partial charge in [0.1, 0.15) is 11.6 Å². The van der Waals surface area contributed by atoms with E-state index in [0.717, 1.165) is 31.2 Å². The van der Waals surface area contributed by atoms with E-state index in [0.29, 0.717) is 18.6 Å². The van der Waals surface area contributed by atoms with Gasteiger partial charge in [-0.05, 0) is 76.4 Å². The molecule has 0 saturated heterocycles. The van der Waals surface area contributed by atoms with E-state index in [1.807, 2.05) is 49.4 Å². The summed E-state index contributed by atoms with van der Waals surface area (Å²) in [6.45, 7) is 1.96. The van der Waals surface area contributed by atoms with Crippen LogP contribution in [0.25, 0.3) is 0 Å². The minimum absolute atomic E-state index is 0.0576. The Bertz CT molecular complexity index is 817. The summed E-state index contributed by atoms with van der Waals surface area (Å²) in [5.74, 6) is 0.510. The third kappa shape index (κ3) is 5.39. The largest absolute Gasteiger partial charge is 0.481 e. The molecule has 1 fully saturated rings. The minimum Gasteiger partial charge on any atom is -0.481 e. The number of nitrogens with zero attached hydrogens (tertiary/aromatic N) is 1. The maximum Gasteiger partial charge on any atom is 0.261 e. The molecule has 0 spiro atoms. The minimum atomic E-state index is -0.494. The highest BCUT2D eigenvalue weighted by molar-refractivity contribution is 5.81. The molecule has 3 rings (SSSR count). The molecule has 30 heavy (non-hydrogen) atoms. The zero-order valence-corrected chi connectivity index (χ0v) is 18.2. The summed E-state index contributed by atoms with van der Waals surface area (Å²) >= 11 is 0. The second-order valence-electron chi connectivity index (χ2n) is 8.50. The van der Waals surface area contributed by atoms with Gasteiger partial charge >= 0.3 is 0 Å². The lowest BCUT2D eigenvalue weighted by atomic mass is 9.74. The highest BCUT2D eigenvalue weighted by Crippen LogP contribution is 2.36. The lowest BCUT2D eigenvalue weighted by Crippen LogP contribution is -2.53. The number of ether oxygens (including phenoxy) is 1. The number of nitrogens with one attached hydrogen (secondary N) is 1. The van der Waals surface area contributed by atoms with Gasteiger partial charge in [-0.25, -0.2) is 4.39 Å². The van der Waals surface area contributed by atoms with Gasteiger partial charge in [0.05, 0.1) is 0 Å². The Morgan fingerprint density at radius 2 is 1.77 bits per heavy atom. The van der Waals surface area contributed by atoms with Gasteiger partial charge in [-0.1, -0.05) is 43.3 Å². The lowest BCUT2D eigenvalue weighted by Gasteiger charge is -2.45. The molecule has 4 nitrogen and oxygen atoms in total. The Hall–Kier alpha value is -2.40. The molecule has 1 atom stereocenters. The molecule has 1 N–H and O–H groups in total. The number of benzene rings is 2. The molecular weight excluding hydrogens is 379 g/mol. The second kappa shape index (κ2) is 10.1. The van der Waals surface area contributed by atoms with Crippen molar-refractivity contribution in [1.82, 2.24) is 10.2 Å². The Labute approximate surface area is 179 Å². The van der Waals surface area contributed by atoms with Crippen molar-refractivity contribution in [2.45, 2.75) is 63.1 Å². The van der Waals surface area contributed by atoms with E-state index in [2.05, 4.69) is 24.3 Å². The number of hydrogen-bond donors (Lipinski definition) is 1. The van der Waals surface area contributed by atoms with Crippen molar-refractivity contribution in [3.63, 3.8) is 0 Å². The molecule has 1 aliphatic carbocycles. The first-order chi connectivity index (χ1) is 14.4. The normalized spacial score (nSPS) is 22.5. The SMILES string of the molecule is CCC(Oc1ccccc1)C(=O)NC1CCC(Cc2ccccc2F)(N(C)C)CC1. The molecule has 5 heteroatoms. The molecule has 0 aromatic heterocycles. The number of hydrogen-bond acceptors (Lipinski definition) is 3. The predicted molar refractivity (Wildman–Crippen MR) is 118 cm³/mol. The summed E-state index contributed by atoms with van der Waals surface area (Å²) < 4.78 is 20.1. The van der Waals surface area contributed by atoms with Crippen LogP contribution in [0, 0.1) is 5.82 Å². The predicted octanol–water partition coefficient (Wildman–Crippen LogP) is 4.59. The van der Waals surface area contributed by atoms with Crippen molar-refractivity contribution in [2.24, 2.45) is 0 Å². The summed E-state index contributed by atoms with van der Waals surface area (Å²) in [4.78, 5) is 15.0. The highest BCUT2D eigenvalue weighted by Gasteiger charge is 2.38. The third-order valence-electron chi connectivity index (χ3n) is 6.37. The van der Waals surface area contributed by atoms with E-state index in [-0.39, 0.29) is 23.3 Å². The zero-order chi connectivity index (χ0) is 21.6. The Kier molecular flexibility index (Phi) is 7.48. The van der Waals surface area contributed by atoms with Crippen LogP contribution in [0.3, 0.4) is 0 Å². The van der Waals surface area contributed by atoms with Crippen LogP contribution in [-0.2, 0) is 11.2 Å². The fourth-order valence-electron chi connectivity index (χ4n) is 4.36. The van der Waals surface area contributed by atoms with Crippen LogP contribution in [0.2, 0.25) is 0 Å². The standard InChI is InChI=1S/C25H33FN2O2/c1-4-23(30-21-11-6-5-7-12-21)24(29)27-20-14-16-25(17-15-20,28(2)3)18-19-10-8-9-13-22(19)26/h5-13,20,23H,4,14-18H2,1-3H3,(H,27,29). The number of halogens is 1. The maximum absolute atomic E-state index is 14.2. The van der Waals surface area contributed by atoms with E-state index < -0.39 is 6.10 Å². The fourth-order valence-corrected chi connectivity index (χ4v) is 4.36. The molecular formula is C25H33FN2O2. The quantitative estimate of drug-likeness (QED) is 0.690. The number of likely N-dealkylation sites (N-methyl/N-ethyl adjacent to an activating group) is 1. The number of para-hydroxylation sites is 1. The first kappa shape index (κ1) is 22.3. The van der Waals surface area contributed by atoms with E-state index in [9.17, 15) is 9.18 Å². The van der Waals surface area contributed by atoms with Crippen LogP contribution in [-0.4, -0.2) is 42.6 Å². The Balaban J connectivity index is 1.59. The molecule has 0 aliphatic heterocycles. The molecule has 1 saturated carbocycles. The number of carbonyl (C=O) groups is 1. The van der Waals surface area contributed by atoms with Crippen molar-refractivity contribution in [3.8, 4) is 5.75 Å². The monoisotopic (exact) mass is 412 g/mol. The van der Waals surface area contributed by atoms with Crippen molar-refractivity contribution in [3.05, 3.63) is 66.0 Å². The molecule has 0 radical (unpaired) electrons. The first-order valence-electron chi connectivity index (χ1n) is 10.9. The van der Waals surface area contributed by atoms with Crippen LogP contribution in [0.4, 0.5) is 4.39 Å². The molecule has 162 valence electrons. The van der Waals surface area contributed by atoms with Crippen molar-refractivity contribution >= 4 is 5.91 Å². The van der Waals surface area contributed by atoms with Crippen LogP contribution in [0.5, 0.6) is 5.75 Å². The number of carbonyl (C=O) groups excluding carboxylic acids is 1. The summed E-state index contributed by atoms with van der Waals surface area (Å²) in [5, 5.41) is 3.19. The highest BCUT2D eigenvalue weighted by atomic mass is 19.1. The van der Waals surface area contributed by atoms with Gasteiger partial charge in [-0.3, -0.25) is 4.79 Å². The van der Waals surface area contributed by atoms with Crippen LogP contribution >= 0.6 is 0 Å². The first-order valence-corrected chi connectivity index (χ1v) is 10.9. The van der Waals surface area contributed by atoms with Gasteiger partial charge in [-0.15, -0.1) is 0 Å². The topological polar surface area (TPSA) is 41.6 Å². The summed E-state index contributed by atoms with van der Waals surface area (Å²) in [7, 11) is 4.14. The molecule has 2 aromatic carbocycles. The molecule has 1 unspecified atom stereocenters. The van der Waals surface area contributed by atoms with Gasteiger partial charge < -0.3 is 15.0 Å². The summed E-state index contributed by atoms with van der Waals surface area (Å²) in [5.41, 5.74) is 0.671. The van der Waals surface area contributed by atoms with Crippen molar-refractivity contribution < 1.29 is 13.9 Å². The van der Waals surface area contributed by atoms with Gasteiger partial charge in [0, 0.05) is 11.6 Å². The Morgan fingerprint density at radius 3 is 2.37 bits per heavy atom. The zero-order valence-electron chi connectivity index (χ0n) is 18.2. The third-order valence-corrected chi connectivity index (χ3v) is 6.37. The van der Waals surface area contributed by atoms with Gasteiger partial charge in [-0.2, -0.15) is 0 Å². The summed E-state index contributed by atoms with van der Waals surface area (Å²) in [6, 6.07) is 16.6. The Morgan fingerprint density at radius 1 is 1.13 bits per heavy atom. The molecule has 2 aromatic rings.